The Hall–Kier alpha value is -2.05. The van der Waals surface area contributed by atoms with Crippen molar-refractivity contribution >= 4 is 7.60 Å². The van der Waals surface area contributed by atoms with Crippen molar-refractivity contribution < 1.29 is 28.2 Å². The second kappa shape index (κ2) is 9.06. The minimum atomic E-state index is -3.57. The van der Waals surface area contributed by atoms with Crippen LogP contribution in [0, 0.1) is 13.8 Å². The molecule has 0 saturated heterocycles. The lowest BCUT2D eigenvalue weighted by atomic mass is 9.96. The summed E-state index contributed by atoms with van der Waals surface area (Å²) in [7, 11) is -0.309. The number of hydrogen-bond acceptors (Lipinski definition) is 7. The molecule has 3 unspecified atom stereocenters. The summed E-state index contributed by atoms with van der Waals surface area (Å²) in [6.07, 6.45) is -0.103. The predicted octanol–water partition coefficient (Wildman–Crippen LogP) is 4.40. The molecule has 2 aliphatic heterocycles. The highest BCUT2D eigenvalue weighted by Gasteiger charge is 2.49. The van der Waals surface area contributed by atoms with Crippen molar-refractivity contribution in [3.63, 3.8) is 0 Å². The van der Waals surface area contributed by atoms with Crippen molar-refractivity contribution in [2.75, 3.05) is 33.9 Å². The average Bonchev–Trinajstić information content (AvgIpc) is 2.76. The highest BCUT2D eigenvalue weighted by Crippen LogP contribution is 2.62. The molecule has 1 N–H and O–H groups in total. The first-order valence-electron chi connectivity index (χ1n) is 11.0. The fourth-order valence-corrected chi connectivity index (χ4v) is 6.95. The van der Waals surface area contributed by atoms with E-state index in [0.29, 0.717) is 30.2 Å². The van der Waals surface area contributed by atoms with Crippen LogP contribution in [0.1, 0.15) is 40.8 Å². The molecule has 0 aromatic heterocycles. The number of ether oxygens (including phenoxy) is 2. The maximum absolute atomic E-state index is 13.8. The summed E-state index contributed by atoms with van der Waals surface area (Å²) < 4.78 is 36.4. The summed E-state index contributed by atoms with van der Waals surface area (Å²) in [5, 5.41) is 11.3. The van der Waals surface area contributed by atoms with Crippen molar-refractivity contribution in [2.45, 2.75) is 45.5 Å². The number of methoxy groups -OCH3 is 2. The van der Waals surface area contributed by atoms with Crippen molar-refractivity contribution in [1.82, 2.24) is 4.90 Å². The van der Waals surface area contributed by atoms with Gasteiger partial charge in [0.05, 0.1) is 26.9 Å². The molecule has 2 aromatic carbocycles. The van der Waals surface area contributed by atoms with Gasteiger partial charge in [-0.05, 0) is 62.1 Å². The van der Waals surface area contributed by atoms with Gasteiger partial charge in [-0.3, -0.25) is 9.42 Å². The van der Waals surface area contributed by atoms with Gasteiger partial charge in [-0.1, -0.05) is 11.6 Å². The molecule has 0 bridgehead atoms. The van der Waals surface area contributed by atoms with Gasteiger partial charge in [0.25, 0.3) is 0 Å². The first-order valence-corrected chi connectivity index (χ1v) is 12.6. The third kappa shape index (κ3) is 4.15. The van der Waals surface area contributed by atoms with Crippen LogP contribution in [0.3, 0.4) is 0 Å². The van der Waals surface area contributed by atoms with E-state index in [1.54, 1.807) is 21.1 Å². The molecule has 0 amide bonds. The second-order valence-electron chi connectivity index (χ2n) is 8.52. The first kappa shape index (κ1) is 23.1. The van der Waals surface area contributed by atoms with E-state index in [0.717, 1.165) is 35.4 Å². The summed E-state index contributed by atoms with van der Waals surface area (Å²) in [5.74, 6) is 1.89. The van der Waals surface area contributed by atoms with Crippen LogP contribution in [0.4, 0.5) is 0 Å². The third-order valence-corrected chi connectivity index (χ3v) is 8.62. The van der Waals surface area contributed by atoms with Gasteiger partial charge in [-0.25, -0.2) is 4.57 Å². The number of hydrogen-bond donors (Lipinski definition) is 1. The Balaban J connectivity index is 1.63. The van der Waals surface area contributed by atoms with Gasteiger partial charge < -0.3 is 19.1 Å². The van der Waals surface area contributed by atoms with Crippen molar-refractivity contribution in [3.8, 4) is 17.2 Å². The molecule has 4 rings (SSSR count). The van der Waals surface area contributed by atoms with E-state index in [-0.39, 0.29) is 6.61 Å². The smallest absolute Gasteiger partial charge is 0.386 e. The molecule has 8 heteroatoms. The fraction of sp³-hybridized carbons (Fsp3) is 0.500. The van der Waals surface area contributed by atoms with Crippen LogP contribution in [0.5, 0.6) is 17.2 Å². The van der Waals surface area contributed by atoms with Gasteiger partial charge in [0, 0.05) is 25.2 Å². The normalized spacial score (nSPS) is 24.9. The molecule has 7 nitrogen and oxygen atoms in total. The fourth-order valence-electron chi connectivity index (χ4n) is 4.77. The molecule has 3 atom stereocenters. The van der Waals surface area contributed by atoms with Gasteiger partial charge in [-0.15, -0.1) is 0 Å². The molecule has 2 aliphatic rings. The quantitative estimate of drug-likeness (QED) is 0.639. The number of benzene rings is 2. The summed E-state index contributed by atoms with van der Waals surface area (Å²) in [6, 6.07) is 7.90. The minimum Gasteiger partial charge on any atom is -0.493 e. The zero-order valence-electron chi connectivity index (χ0n) is 19.4. The van der Waals surface area contributed by atoms with E-state index in [1.807, 2.05) is 38.1 Å². The van der Waals surface area contributed by atoms with Gasteiger partial charge in [-0.2, -0.15) is 0 Å². The van der Waals surface area contributed by atoms with E-state index in [1.165, 1.54) is 5.56 Å². The number of fused-ring (bicyclic) bond motifs is 2. The molecule has 2 aromatic rings. The summed E-state index contributed by atoms with van der Waals surface area (Å²) in [4.78, 5) is 2.20. The van der Waals surface area contributed by atoms with Gasteiger partial charge >= 0.3 is 7.60 Å². The topological polar surface area (TPSA) is 77.5 Å². The summed E-state index contributed by atoms with van der Waals surface area (Å²) in [5.41, 5.74) is 4.25. The minimum absolute atomic E-state index is 0.251. The first-order chi connectivity index (χ1) is 15.3. The van der Waals surface area contributed by atoms with E-state index in [4.69, 9.17) is 18.5 Å². The van der Waals surface area contributed by atoms with Crippen molar-refractivity contribution in [1.29, 1.82) is 0 Å². The Morgan fingerprint density at radius 1 is 1.12 bits per heavy atom. The molecule has 0 spiro atoms. The SMILES string of the molecule is CCOP1(=O)Oc2c(C)cc(C)cc2C(O)C1CN1CCc2cc(OC)c(OC)cc2C1. The van der Waals surface area contributed by atoms with Crippen LogP contribution in [0.25, 0.3) is 0 Å². The zero-order chi connectivity index (χ0) is 23.0. The molecular formula is C24H32NO6P. The Kier molecular flexibility index (Phi) is 6.55. The van der Waals surface area contributed by atoms with Crippen LogP contribution in [0.15, 0.2) is 24.3 Å². The number of aliphatic hydroxyl groups is 1. The van der Waals surface area contributed by atoms with Crippen molar-refractivity contribution in [3.05, 3.63) is 52.1 Å². The summed E-state index contributed by atoms with van der Waals surface area (Å²) >= 11 is 0. The number of rotatable bonds is 6. The number of nitrogens with zero attached hydrogens (tertiary/aromatic N) is 1. The van der Waals surface area contributed by atoms with Crippen LogP contribution >= 0.6 is 7.60 Å². The van der Waals surface area contributed by atoms with E-state index in [2.05, 4.69) is 4.90 Å². The molecule has 0 saturated carbocycles. The Morgan fingerprint density at radius 2 is 1.81 bits per heavy atom. The molecule has 0 radical (unpaired) electrons. The number of aliphatic hydroxyl groups excluding tert-OH is 1. The van der Waals surface area contributed by atoms with E-state index >= 15 is 0 Å². The lowest BCUT2D eigenvalue weighted by Gasteiger charge is -2.40. The molecule has 2 heterocycles. The Labute approximate surface area is 189 Å². The average molecular weight is 461 g/mol. The van der Waals surface area contributed by atoms with Crippen LogP contribution in [-0.2, 0) is 22.1 Å². The Morgan fingerprint density at radius 3 is 2.47 bits per heavy atom. The highest BCUT2D eigenvalue weighted by molar-refractivity contribution is 7.55. The lowest BCUT2D eigenvalue weighted by molar-refractivity contribution is 0.112. The highest BCUT2D eigenvalue weighted by atomic mass is 31.2. The second-order valence-corrected chi connectivity index (χ2v) is 10.7. The van der Waals surface area contributed by atoms with E-state index in [9.17, 15) is 9.67 Å². The standard InChI is InChI=1S/C24H32NO6P/c1-6-30-32(27)22(23(26)19-10-15(2)9-16(3)24(19)31-32)14-25-8-7-17-11-20(28-4)21(29-5)12-18(17)13-25/h9-12,22-23,26H,6-8,13-14H2,1-5H3. The summed E-state index contributed by atoms with van der Waals surface area (Å²) in [6.45, 7) is 7.76. The Bertz CT molecular complexity index is 1060. The van der Waals surface area contributed by atoms with Gasteiger partial charge in [0.15, 0.2) is 11.5 Å². The largest absolute Gasteiger partial charge is 0.493 e. The third-order valence-electron chi connectivity index (χ3n) is 6.31. The van der Waals surface area contributed by atoms with Crippen LogP contribution in [-0.4, -0.2) is 49.6 Å². The maximum Gasteiger partial charge on any atom is 0.386 e. The number of aryl methyl sites for hydroxylation is 2. The van der Waals surface area contributed by atoms with Crippen LogP contribution < -0.4 is 14.0 Å². The van der Waals surface area contributed by atoms with E-state index < -0.39 is 19.4 Å². The molecule has 174 valence electrons. The molecular weight excluding hydrogens is 429 g/mol. The van der Waals surface area contributed by atoms with Crippen molar-refractivity contribution in [2.24, 2.45) is 0 Å². The maximum atomic E-state index is 13.8. The predicted molar refractivity (Wildman–Crippen MR) is 123 cm³/mol. The van der Waals surface area contributed by atoms with Gasteiger partial charge in [0.2, 0.25) is 0 Å². The zero-order valence-corrected chi connectivity index (χ0v) is 20.3. The molecule has 32 heavy (non-hydrogen) atoms. The molecule has 0 aliphatic carbocycles. The monoisotopic (exact) mass is 461 g/mol. The van der Waals surface area contributed by atoms with Gasteiger partial charge in [0.1, 0.15) is 11.4 Å². The molecule has 0 fully saturated rings. The lowest BCUT2D eigenvalue weighted by Crippen LogP contribution is -2.41. The van der Waals surface area contributed by atoms with Crippen LogP contribution in [0.2, 0.25) is 0 Å².